The van der Waals surface area contributed by atoms with Crippen LogP contribution < -0.4 is 5.73 Å². The van der Waals surface area contributed by atoms with E-state index in [1.165, 1.54) is 0 Å². The maximum absolute atomic E-state index is 13.5. The molecule has 1 fully saturated rings. The van der Waals surface area contributed by atoms with Crippen LogP contribution in [0.25, 0.3) is 0 Å². The summed E-state index contributed by atoms with van der Waals surface area (Å²) in [4.78, 5) is 0. The first-order chi connectivity index (χ1) is 11.6. The topological polar surface area (TPSA) is 61.6 Å². The molecule has 4 nitrogen and oxygen atoms in total. The summed E-state index contributed by atoms with van der Waals surface area (Å²) in [6, 6.07) is 19.4. The molecule has 5 heteroatoms. The summed E-state index contributed by atoms with van der Waals surface area (Å²) >= 11 is 0. The van der Waals surface area contributed by atoms with Crippen molar-refractivity contribution in [2.75, 3.05) is 0 Å². The molecule has 128 valence electrons. The van der Waals surface area contributed by atoms with Crippen LogP contribution in [0.5, 0.6) is 0 Å². The van der Waals surface area contributed by atoms with Crippen molar-refractivity contribution < 1.29 is 13.6 Å². The first kappa shape index (κ1) is 17.4. The average Bonchev–Trinajstić information content (AvgIpc) is 3.08. The molecule has 2 aromatic rings. The minimum Gasteiger partial charge on any atom is -0.315 e. The smallest absolute Gasteiger partial charge is 0.315 e. The van der Waals surface area contributed by atoms with Gasteiger partial charge in [-0.05, 0) is 24.0 Å². The standard InChI is InChI=1S/C19H24NO3P/c20-19(13-7-8-14-19)24(21,22-15-17-9-3-1-4-10-17)23-16-18-11-5-2-6-12-18/h1-6,9-12H,7-8,13-16,20H2. The zero-order chi connectivity index (χ0) is 16.9. The minimum atomic E-state index is -3.43. The number of benzene rings is 2. The van der Waals surface area contributed by atoms with Crippen LogP contribution in [-0.4, -0.2) is 5.28 Å². The Morgan fingerprint density at radius 2 is 1.25 bits per heavy atom. The third kappa shape index (κ3) is 3.96. The van der Waals surface area contributed by atoms with E-state index < -0.39 is 12.9 Å². The van der Waals surface area contributed by atoms with Crippen LogP contribution in [0.3, 0.4) is 0 Å². The third-order valence-electron chi connectivity index (χ3n) is 4.50. The van der Waals surface area contributed by atoms with Gasteiger partial charge in [-0.3, -0.25) is 4.57 Å². The highest BCUT2D eigenvalue weighted by Crippen LogP contribution is 2.64. The molecule has 0 aliphatic heterocycles. The quantitative estimate of drug-likeness (QED) is 0.729. The summed E-state index contributed by atoms with van der Waals surface area (Å²) in [6.07, 6.45) is 3.27. The molecule has 0 aromatic heterocycles. The van der Waals surface area contributed by atoms with Crippen LogP contribution >= 0.6 is 7.60 Å². The lowest BCUT2D eigenvalue weighted by atomic mass is 10.2. The summed E-state index contributed by atoms with van der Waals surface area (Å²) < 4.78 is 25.2. The number of nitrogens with two attached hydrogens (primary N) is 1. The molecule has 0 radical (unpaired) electrons. The molecule has 0 spiro atoms. The fraction of sp³-hybridized carbons (Fsp3) is 0.368. The second-order valence-corrected chi connectivity index (χ2v) is 8.73. The molecule has 0 bridgehead atoms. The Kier molecular flexibility index (Phi) is 5.52. The zero-order valence-corrected chi connectivity index (χ0v) is 14.7. The van der Waals surface area contributed by atoms with Crippen LogP contribution in [0.15, 0.2) is 60.7 Å². The van der Waals surface area contributed by atoms with E-state index in [-0.39, 0.29) is 13.2 Å². The van der Waals surface area contributed by atoms with E-state index in [2.05, 4.69) is 0 Å². The van der Waals surface area contributed by atoms with Gasteiger partial charge in [-0.25, -0.2) is 0 Å². The van der Waals surface area contributed by atoms with Gasteiger partial charge in [0.25, 0.3) is 0 Å². The predicted molar refractivity (Wildman–Crippen MR) is 95.5 cm³/mol. The normalized spacial score (nSPS) is 17.0. The lowest BCUT2D eigenvalue weighted by molar-refractivity contribution is 0.169. The summed E-state index contributed by atoms with van der Waals surface area (Å²) in [6.45, 7) is 0.484. The zero-order valence-electron chi connectivity index (χ0n) is 13.8. The number of rotatable bonds is 7. The van der Waals surface area contributed by atoms with Crippen molar-refractivity contribution in [2.24, 2.45) is 5.73 Å². The lowest BCUT2D eigenvalue weighted by Gasteiger charge is -2.32. The van der Waals surface area contributed by atoms with E-state index in [0.29, 0.717) is 12.8 Å². The minimum absolute atomic E-state index is 0.242. The van der Waals surface area contributed by atoms with E-state index in [0.717, 1.165) is 24.0 Å². The van der Waals surface area contributed by atoms with Gasteiger partial charge in [0.2, 0.25) is 0 Å². The second kappa shape index (κ2) is 7.62. The van der Waals surface area contributed by atoms with Crippen molar-refractivity contribution in [3.8, 4) is 0 Å². The molecule has 0 saturated heterocycles. The largest absolute Gasteiger partial charge is 0.350 e. The summed E-state index contributed by atoms with van der Waals surface area (Å²) in [7, 11) is -3.43. The highest BCUT2D eigenvalue weighted by Gasteiger charge is 2.49. The average molecular weight is 345 g/mol. The van der Waals surface area contributed by atoms with E-state index in [1.807, 2.05) is 60.7 Å². The summed E-state index contributed by atoms with van der Waals surface area (Å²) in [5, 5.41) is -0.878. The van der Waals surface area contributed by atoms with Crippen molar-refractivity contribution in [1.29, 1.82) is 0 Å². The molecule has 24 heavy (non-hydrogen) atoms. The Balaban J connectivity index is 1.74. The van der Waals surface area contributed by atoms with Crippen LogP contribution in [0.4, 0.5) is 0 Å². The molecule has 1 aliphatic rings. The maximum Gasteiger partial charge on any atom is 0.350 e. The Labute approximate surface area is 143 Å². The Hall–Kier alpha value is -1.45. The van der Waals surface area contributed by atoms with Crippen molar-refractivity contribution in [2.45, 2.75) is 44.2 Å². The van der Waals surface area contributed by atoms with Gasteiger partial charge >= 0.3 is 7.60 Å². The first-order valence-electron chi connectivity index (χ1n) is 8.37. The monoisotopic (exact) mass is 345 g/mol. The van der Waals surface area contributed by atoms with Crippen molar-refractivity contribution in [3.63, 3.8) is 0 Å². The molecule has 2 N–H and O–H groups in total. The number of hydrogen-bond acceptors (Lipinski definition) is 4. The summed E-state index contributed by atoms with van der Waals surface area (Å²) in [5.74, 6) is 0. The van der Waals surface area contributed by atoms with E-state index >= 15 is 0 Å². The second-order valence-electron chi connectivity index (χ2n) is 6.33. The number of hydrogen-bond donors (Lipinski definition) is 1. The third-order valence-corrected chi connectivity index (χ3v) is 6.98. The molecular formula is C19H24NO3P. The van der Waals surface area contributed by atoms with Gasteiger partial charge in [-0.1, -0.05) is 73.5 Å². The van der Waals surface area contributed by atoms with Crippen molar-refractivity contribution in [3.05, 3.63) is 71.8 Å². The first-order valence-corrected chi connectivity index (χ1v) is 9.92. The van der Waals surface area contributed by atoms with Crippen LogP contribution in [-0.2, 0) is 26.8 Å². The highest BCUT2D eigenvalue weighted by atomic mass is 31.2. The van der Waals surface area contributed by atoms with Crippen LogP contribution in [0, 0.1) is 0 Å². The SMILES string of the molecule is NC1(P(=O)(OCc2ccccc2)OCc2ccccc2)CCCC1. The Morgan fingerprint density at radius 1 is 0.833 bits per heavy atom. The Bertz CT molecular complexity index is 637. The van der Waals surface area contributed by atoms with Crippen molar-refractivity contribution >= 4 is 7.60 Å². The van der Waals surface area contributed by atoms with Gasteiger partial charge in [0.1, 0.15) is 5.28 Å². The molecule has 2 aromatic carbocycles. The molecule has 0 heterocycles. The Morgan fingerprint density at radius 3 is 1.67 bits per heavy atom. The van der Waals surface area contributed by atoms with Gasteiger partial charge in [-0.2, -0.15) is 0 Å². The van der Waals surface area contributed by atoms with Gasteiger partial charge in [0, 0.05) is 0 Å². The van der Waals surface area contributed by atoms with Crippen LogP contribution in [0.2, 0.25) is 0 Å². The molecular weight excluding hydrogens is 321 g/mol. The van der Waals surface area contributed by atoms with E-state index in [1.54, 1.807) is 0 Å². The van der Waals surface area contributed by atoms with Gasteiger partial charge in [0.15, 0.2) is 0 Å². The van der Waals surface area contributed by atoms with Crippen LogP contribution in [0.1, 0.15) is 36.8 Å². The highest BCUT2D eigenvalue weighted by molar-refractivity contribution is 7.55. The summed E-state index contributed by atoms with van der Waals surface area (Å²) in [5.41, 5.74) is 8.37. The maximum atomic E-state index is 13.5. The fourth-order valence-corrected chi connectivity index (χ4v) is 5.11. The molecule has 0 unspecified atom stereocenters. The van der Waals surface area contributed by atoms with Gasteiger partial charge in [-0.15, -0.1) is 0 Å². The molecule has 0 amide bonds. The molecule has 0 atom stereocenters. The van der Waals surface area contributed by atoms with E-state index in [9.17, 15) is 4.57 Å². The predicted octanol–water partition coefficient (Wildman–Crippen LogP) is 4.84. The van der Waals surface area contributed by atoms with E-state index in [4.69, 9.17) is 14.8 Å². The van der Waals surface area contributed by atoms with Crippen molar-refractivity contribution in [1.82, 2.24) is 0 Å². The van der Waals surface area contributed by atoms with Gasteiger partial charge < -0.3 is 14.8 Å². The molecule has 1 aliphatic carbocycles. The molecule has 3 rings (SSSR count). The van der Waals surface area contributed by atoms with Gasteiger partial charge in [0.05, 0.1) is 13.2 Å². The lowest BCUT2D eigenvalue weighted by Crippen LogP contribution is -2.37. The molecule has 1 saturated carbocycles. The fourth-order valence-electron chi connectivity index (χ4n) is 3.02.